The minimum atomic E-state index is 0.356. The molecule has 4 aromatic heterocycles. The Balaban J connectivity index is 1.26. The van der Waals surface area contributed by atoms with Crippen LogP contribution in [0, 0.1) is 20.8 Å². The quantitative estimate of drug-likeness (QED) is 0.167. The Morgan fingerprint density at radius 3 is 1.89 bits per heavy atom. The van der Waals surface area contributed by atoms with Crippen LogP contribution in [-0.2, 0) is 0 Å². The van der Waals surface area contributed by atoms with Crippen molar-refractivity contribution in [1.29, 1.82) is 0 Å². The minimum absolute atomic E-state index is 0.356. The molecule has 0 atom stereocenters. The number of hydrogen-bond donors (Lipinski definition) is 0. The fraction of sp³-hybridized carbons (Fsp3) is 0.191. The average Bonchev–Trinajstić information content (AvgIpc) is 3.79. The Morgan fingerprint density at radius 2 is 1.21 bits per heavy atom. The van der Waals surface area contributed by atoms with Gasteiger partial charge in [-0.25, -0.2) is 9.67 Å². The van der Waals surface area contributed by atoms with Gasteiger partial charge in [0.25, 0.3) is 0 Å². The van der Waals surface area contributed by atoms with E-state index in [4.69, 9.17) is 9.72 Å². The van der Waals surface area contributed by atoms with Gasteiger partial charge < -0.3 is 9.30 Å². The zero-order chi connectivity index (χ0) is 36.5. The maximum absolute atomic E-state index is 6.58. The fourth-order valence-electron chi connectivity index (χ4n) is 8.27. The van der Waals surface area contributed by atoms with Gasteiger partial charge in [-0.2, -0.15) is 5.10 Å². The molecule has 262 valence electrons. The number of para-hydroxylation sites is 3. The summed E-state index contributed by atoms with van der Waals surface area (Å²) in [6.45, 7) is 15.5. The largest absolute Gasteiger partial charge is 0.457 e. The summed E-state index contributed by atoms with van der Waals surface area (Å²) in [5.74, 6) is 3.12. The van der Waals surface area contributed by atoms with E-state index < -0.39 is 0 Å². The van der Waals surface area contributed by atoms with Gasteiger partial charge in [0, 0.05) is 51.1 Å². The second-order valence-corrected chi connectivity index (χ2v) is 14.9. The number of fused-ring (bicyclic) bond motifs is 6. The number of benzene rings is 5. The molecule has 9 rings (SSSR count). The lowest BCUT2D eigenvalue weighted by molar-refractivity contribution is 0.482. The number of aryl methyl sites for hydroxylation is 2. The topological polar surface area (TPSA) is 49.8 Å². The van der Waals surface area contributed by atoms with Gasteiger partial charge >= 0.3 is 0 Å². The van der Waals surface area contributed by atoms with Crippen molar-refractivity contribution in [3.8, 4) is 28.7 Å². The second kappa shape index (κ2) is 12.5. The maximum atomic E-state index is 6.58. The van der Waals surface area contributed by atoms with Crippen LogP contribution in [0.1, 0.15) is 67.6 Å². The molecule has 0 saturated heterocycles. The summed E-state index contributed by atoms with van der Waals surface area (Å²) >= 11 is 0. The zero-order valence-corrected chi connectivity index (χ0v) is 31.3. The first-order valence-corrected chi connectivity index (χ1v) is 18.6. The van der Waals surface area contributed by atoms with Crippen LogP contribution in [-0.4, -0.2) is 23.9 Å². The van der Waals surface area contributed by atoms with Gasteiger partial charge in [-0.3, -0.25) is 4.57 Å². The minimum Gasteiger partial charge on any atom is -0.457 e. The monoisotopic (exact) mass is 693 g/mol. The molecule has 0 spiro atoms. The molecular formula is C47H43N5O. The highest BCUT2D eigenvalue weighted by atomic mass is 16.5. The molecule has 9 aromatic rings. The third-order valence-corrected chi connectivity index (χ3v) is 10.7. The number of hydrogen-bond acceptors (Lipinski definition) is 3. The molecule has 6 nitrogen and oxygen atoms in total. The predicted octanol–water partition coefficient (Wildman–Crippen LogP) is 12.4. The van der Waals surface area contributed by atoms with Gasteiger partial charge in [0.2, 0.25) is 0 Å². The van der Waals surface area contributed by atoms with Crippen molar-refractivity contribution in [2.75, 3.05) is 0 Å². The van der Waals surface area contributed by atoms with Gasteiger partial charge in [-0.1, -0.05) is 88.4 Å². The molecule has 0 aliphatic rings. The van der Waals surface area contributed by atoms with Crippen molar-refractivity contribution in [2.45, 2.75) is 60.3 Å². The van der Waals surface area contributed by atoms with Crippen molar-refractivity contribution in [2.24, 2.45) is 0 Å². The molecule has 0 fully saturated rings. The summed E-state index contributed by atoms with van der Waals surface area (Å²) in [5, 5.41) is 9.57. The molecule has 6 heteroatoms. The van der Waals surface area contributed by atoms with Crippen LogP contribution in [0.15, 0.2) is 121 Å². The fourth-order valence-corrected chi connectivity index (χ4v) is 8.27. The molecule has 0 bridgehead atoms. The molecule has 0 N–H and O–H groups in total. The van der Waals surface area contributed by atoms with E-state index in [0.29, 0.717) is 11.8 Å². The zero-order valence-electron chi connectivity index (χ0n) is 31.3. The first kappa shape index (κ1) is 32.7. The molecule has 0 saturated carbocycles. The Bertz CT molecular complexity index is 2800. The van der Waals surface area contributed by atoms with Crippen molar-refractivity contribution < 1.29 is 4.74 Å². The average molecular weight is 694 g/mol. The molecule has 53 heavy (non-hydrogen) atoms. The van der Waals surface area contributed by atoms with Crippen LogP contribution in [0.5, 0.6) is 11.5 Å². The first-order chi connectivity index (χ1) is 25.7. The summed E-state index contributed by atoms with van der Waals surface area (Å²) in [4.78, 5) is 5.13. The third kappa shape index (κ3) is 5.23. The molecule has 0 unspecified atom stereocenters. The normalized spacial score (nSPS) is 12.0. The van der Waals surface area contributed by atoms with Gasteiger partial charge in [0.1, 0.15) is 17.3 Å². The SMILES string of the molecule is Cc1cc(C)n(-c2cccc(Oc3ccc4c5ccccc5n(-c5nccc(-n6c7c(C(C)C)cccc7c7cccc(C(C)C)c76)c5C)c4c3)c2)n1. The summed E-state index contributed by atoms with van der Waals surface area (Å²) in [7, 11) is 0. The summed E-state index contributed by atoms with van der Waals surface area (Å²) < 4.78 is 13.4. The van der Waals surface area contributed by atoms with Crippen LogP contribution in [0.25, 0.3) is 60.8 Å². The molecule has 0 radical (unpaired) electrons. The van der Waals surface area contributed by atoms with Gasteiger partial charge in [0.15, 0.2) is 0 Å². The number of nitrogens with zero attached hydrogens (tertiary/aromatic N) is 5. The standard InChI is InChI=1S/C47H43N5O/c1-28(2)36-16-11-18-40-41-19-12-17-37(29(3)4)46(41)51(45(36)40)42-23-24-48-47(32(42)7)50-43-20-9-8-15-38(43)39-22-21-35(27-44(39)50)53-34-14-10-13-33(26-34)52-31(6)25-30(5)49-52/h8-29H,1-7H3. The van der Waals surface area contributed by atoms with E-state index in [-0.39, 0.29) is 0 Å². The van der Waals surface area contributed by atoms with Gasteiger partial charge in [0.05, 0.1) is 39.1 Å². The van der Waals surface area contributed by atoms with Crippen LogP contribution in [0.3, 0.4) is 0 Å². The number of pyridine rings is 1. The first-order valence-electron chi connectivity index (χ1n) is 18.6. The molecular weight excluding hydrogens is 651 g/mol. The van der Waals surface area contributed by atoms with Crippen molar-refractivity contribution in [1.82, 2.24) is 23.9 Å². The molecule has 0 amide bonds. The lowest BCUT2D eigenvalue weighted by atomic mass is 9.98. The number of ether oxygens (including phenoxy) is 1. The Morgan fingerprint density at radius 1 is 0.566 bits per heavy atom. The van der Waals surface area contributed by atoms with Crippen molar-refractivity contribution >= 4 is 43.6 Å². The van der Waals surface area contributed by atoms with Crippen LogP contribution >= 0.6 is 0 Å². The molecule has 5 aromatic carbocycles. The third-order valence-electron chi connectivity index (χ3n) is 10.7. The number of aromatic nitrogens is 5. The maximum Gasteiger partial charge on any atom is 0.142 e. The van der Waals surface area contributed by atoms with E-state index >= 15 is 0 Å². The van der Waals surface area contributed by atoms with E-state index in [1.54, 1.807) is 0 Å². The van der Waals surface area contributed by atoms with Crippen molar-refractivity contribution in [3.05, 3.63) is 150 Å². The number of rotatable bonds is 7. The predicted molar refractivity (Wildman–Crippen MR) is 219 cm³/mol. The van der Waals surface area contributed by atoms with E-state index in [1.807, 2.05) is 36.0 Å². The summed E-state index contributed by atoms with van der Waals surface area (Å²) in [5.41, 5.74) is 12.6. The Labute approximate surface area is 309 Å². The molecule has 4 heterocycles. The van der Waals surface area contributed by atoms with Crippen LogP contribution < -0.4 is 4.74 Å². The smallest absolute Gasteiger partial charge is 0.142 e. The van der Waals surface area contributed by atoms with E-state index in [2.05, 4.69) is 153 Å². The van der Waals surface area contributed by atoms with Gasteiger partial charge in [-0.05, 0) is 86.2 Å². The van der Waals surface area contributed by atoms with E-state index in [1.165, 1.54) is 38.3 Å². The van der Waals surface area contributed by atoms with Gasteiger partial charge in [-0.15, -0.1) is 0 Å². The highest BCUT2D eigenvalue weighted by Crippen LogP contribution is 2.42. The highest BCUT2D eigenvalue weighted by molar-refractivity contribution is 6.12. The molecule has 0 aliphatic heterocycles. The van der Waals surface area contributed by atoms with Crippen molar-refractivity contribution in [3.63, 3.8) is 0 Å². The Hall–Kier alpha value is -6.14. The Kier molecular flexibility index (Phi) is 7.73. The van der Waals surface area contributed by atoms with E-state index in [9.17, 15) is 0 Å². The second-order valence-electron chi connectivity index (χ2n) is 14.9. The van der Waals surface area contributed by atoms with Crippen LogP contribution in [0.4, 0.5) is 0 Å². The van der Waals surface area contributed by atoms with Crippen LogP contribution in [0.2, 0.25) is 0 Å². The lowest BCUT2D eigenvalue weighted by Crippen LogP contribution is -2.07. The highest BCUT2D eigenvalue weighted by Gasteiger charge is 2.23. The molecule has 0 aliphatic carbocycles. The lowest BCUT2D eigenvalue weighted by Gasteiger charge is -2.19. The summed E-state index contributed by atoms with van der Waals surface area (Å²) in [6, 6.07) is 40.9. The summed E-state index contributed by atoms with van der Waals surface area (Å²) in [6.07, 6.45) is 1.97. The van der Waals surface area contributed by atoms with E-state index in [0.717, 1.165) is 62.1 Å².